The molecule has 1 amide bonds. The zero-order valence-electron chi connectivity index (χ0n) is 16.8. The molecule has 0 radical (unpaired) electrons. The molecule has 1 N–H and O–H groups in total. The highest BCUT2D eigenvalue weighted by molar-refractivity contribution is 7.88. The Bertz CT molecular complexity index is 1120. The summed E-state index contributed by atoms with van der Waals surface area (Å²) in [6, 6.07) is 23.5. The van der Waals surface area contributed by atoms with Crippen LogP contribution in [0.1, 0.15) is 24.0 Å². The van der Waals surface area contributed by atoms with Crippen LogP contribution in [0.25, 0.3) is 10.8 Å². The van der Waals surface area contributed by atoms with E-state index in [1.54, 1.807) is 0 Å². The maximum atomic E-state index is 12.7. The summed E-state index contributed by atoms with van der Waals surface area (Å²) in [6.45, 7) is 1.27. The van der Waals surface area contributed by atoms with Crippen molar-refractivity contribution in [2.75, 3.05) is 13.1 Å². The van der Waals surface area contributed by atoms with E-state index in [0.29, 0.717) is 32.5 Å². The Morgan fingerprint density at radius 1 is 0.867 bits per heavy atom. The number of carbonyl (C=O) groups is 1. The van der Waals surface area contributed by atoms with Crippen molar-refractivity contribution in [3.63, 3.8) is 0 Å². The summed E-state index contributed by atoms with van der Waals surface area (Å²) in [4.78, 5) is 12.6. The molecule has 0 spiro atoms. The SMILES string of the molecule is O=C(NCc1ccc2ccccc2c1)C1CCN(S(=O)(=O)Cc2ccccc2)CC1. The van der Waals surface area contributed by atoms with Gasteiger partial charge in [-0.25, -0.2) is 12.7 Å². The van der Waals surface area contributed by atoms with Gasteiger partial charge in [0.25, 0.3) is 0 Å². The van der Waals surface area contributed by atoms with Crippen LogP contribution in [-0.4, -0.2) is 31.7 Å². The molecule has 0 atom stereocenters. The third-order valence-corrected chi connectivity index (χ3v) is 7.54. The lowest BCUT2D eigenvalue weighted by molar-refractivity contribution is -0.126. The van der Waals surface area contributed by atoms with E-state index in [-0.39, 0.29) is 17.6 Å². The minimum atomic E-state index is -3.36. The maximum Gasteiger partial charge on any atom is 0.223 e. The van der Waals surface area contributed by atoms with Crippen LogP contribution in [0.2, 0.25) is 0 Å². The van der Waals surface area contributed by atoms with Crippen LogP contribution in [0.3, 0.4) is 0 Å². The van der Waals surface area contributed by atoms with Crippen molar-refractivity contribution in [3.8, 4) is 0 Å². The van der Waals surface area contributed by atoms with Crippen LogP contribution in [0.5, 0.6) is 0 Å². The van der Waals surface area contributed by atoms with Gasteiger partial charge in [0.05, 0.1) is 5.75 Å². The van der Waals surface area contributed by atoms with Gasteiger partial charge in [-0.1, -0.05) is 66.7 Å². The van der Waals surface area contributed by atoms with Gasteiger partial charge in [0.2, 0.25) is 15.9 Å². The molecule has 1 aliphatic heterocycles. The summed E-state index contributed by atoms with van der Waals surface area (Å²) in [7, 11) is -3.36. The van der Waals surface area contributed by atoms with Gasteiger partial charge in [0.15, 0.2) is 0 Å². The molecule has 0 aliphatic carbocycles. The molecule has 0 saturated carbocycles. The Hall–Kier alpha value is -2.70. The second-order valence-electron chi connectivity index (χ2n) is 7.81. The Morgan fingerprint density at radius 2 is 1.53 bits per heavy atom. The normalized spacial score (nSPS) is 15.9. The number of fused-ring (bicyclic) bond motifs is 1. The lowest BCUT2D eigenvalue weighted by atomic mass is 9.97. The van der Waals surface area contributed by atoms with Gasteiger partial charge in [-0.05, 0) is 40.8 Å². The summed E-state index contributed by atoms with van der Waals surface area (Å²) in [5.74, 6) is -0.135. The van der Waals surface area contributed by atoms with Crippen LogP contribution >= 0.6 is 0 Å². The van der Waals surface area contributed by atoms with E-state index in [4.69, 9.17) is 0 Å². The van der Waals surface area contributed by atoms with Crippen molar-refractivity contribution in [2.24, 2.45) is 5.92 Å². The number of carbonyl (C=O) groups excluding carboxylic acids is 1. The average molecular weight is 423 g/mol. The number of rotatable bonds is 6. The molecule has 30 heavy (non-hydrogen) atoms. The van der Waals surface area contributed by atoms with Crippen molar-refractivity contribution in [1.29, 1.82) is 0 Å². The first kappa shape index (κ1) is 20.6. The highest BCUT2D eigenvalue weighted by atomic mass is 32.2. The number of piperidine rings is 1. The van der Waals surface area contributed by atoms with Crippen molar-refractivity contribution in [3.05, 3.63) is 83.9 Å². The highest BCUT2D eigenvalue weighted by Crippen LogP contribution is 2.22. The van der Waals surface area contributed by atoms with Gasteiger partial charge < -0.3 is 5.32 Å². The van der Waals surface area contributed by atoms with E-state index in [9.17, 15) is 13.2 Å². The second kappa shape index (κ2) is 8.98. The second-order valence-corrected chi connectivity index (χ2v) is 9.78. The van der Waals surface area contributed by atoms with Crippen molar-refractivity contribution >= 4 is 26.7 Å². The lowest BCUT2D eigenvalue weighted by Gasteiger charge is -2.30. The zero-order chi connectivity index (χ0) is 21.0. The average Bonchev–Trinajstić information content (AvgIpc) is 2.78. The van der Waals surface area contributed by atoms with Crippen LogP contribution in [-0.2, 0) is 27.1 Å². The zero-order valence-corrected chi connectivity index (χ0v) is 17.6. The lowest BCUT2D eigenvalue weighted by Crippen LogP contribution is -2.43. The fraction of sp³-hybridized carbons (Fsp3) is 0.292. The van der Waals surface area contributed by atoms with Gasteiger partial charge in [-0.15, -0.1) is 0 Å². The molecule has 1 heterocycles. The Balaban J connectivity index is 1.29. The van der Waals surface area contributed by atoms with E-state index in [2.05, 4.69) is 29.6 Å². The van der Waals surface area contributed by atoms with E-state index < -0.39 is 10.0 Å². The number of benzene rings is 3. The molecule has 0 bridgehead atoms. The predicted molar refractivity (Wildman–Crippen MR) is 119 cm³/mol. The molecule has 5 nitrogen and oxygen atoms in total. The van der Waals surface area contributed by atoms with Crippen molar-refractivity contribution < 1.29 is 13.2 Å². The van der Waals surface area contributed by atoms with Gasteiger partial charge in [-0.2, -0.15) is 0 Å². The topological polar surface area (TPSA) is 66.5 Å². The number of hydrogen-bond donors (Lipinski definition) is 1. The third kappa shape index (κ3) is 4.89. The number of sulfonamides is 1. The molecule has 4 rings (SSSR count). The van der Waals surface area contributed by atoms with E-state index >= 15 is 0 Å². The first-order chi connectivity index (χ1) is 14.5. The largest absolute Gasteiger partial charge is 0.352 e. The molecular weight excluding hydrogens is 396 g/mol. The molecule has 3 aromatic rings. The third-order valence-electron chi connectivity index (χ3n) is 5.69. The Kier molecular flexibility index (Phi) is 6.16. The summed E-state index contributed by atoms with van der Waals surface area (Å²) in [6.07, 6.45) is 1.11. The van der Waals surface area contributed by atoms with Gasteiger partial charge >= 0.3 is 0 Å². The molecule has 1 fully saturated rings. The number of nitrogens with zero attached hydrogens (tertiary/aromatic N) is 1. The van der Waals surface area contributed by atoms with Crippen LogP contribution < -0.4 is 5.32 Å². The number of nitrogens with one attached hydrogen (secondary N) is 1. The first-order valence-corrected chi connectivity index (χ1v) is 11.9. The minimum Gasteiger partial charge on any atom is -0.352 e. The molecule has 6 heteroatoms. The maximum absolute atomic E-state index is 12.7. The fourth-order valence-corrected chi connectivity index (χ4v) is 5.52. The molecule has 1 saturated heterocycles. The van der Waals surface area contributed by atoms with E-state index in [1.807, 2.05) is 48.5 Å². The Morgan fingerprint density at radius 3 is 2.27 bits per heavy atom. The van der Waals surface area contributed by atoms with Crippen LogP contribution in [0, 0.1) is 5.92 Å². The number of hydrogen-bond acceptors (Lipinski definition) is 3. The van der Waals surface area contributed by atoms with Crippen molar-refractivity contribution in [1.82, 2.24) is 9.62 Å². The fourth-order valence-electron chi connectivity index (χ4n) is 3.95. The smallest absolute Gasteiger partial charge is 0.223 e. The van der Waals surface area contributed by atoms with Gasteiger partial charge in [-0.3, -0.25) is 4.79 Å². The molecule has 3 aromatic carbocycles. The van der Waals surface area contributed by atoms with E-state index in [0.717, 1.165) is 16.5 Å². The van der Waals surface area contributed by atoms with Crippen molar-refractivity contribution in [2.45, 2.75) is 25.1 Å². The molecule has 0 aromatic heterocycles. The van der Waals surface area contributed by atoms with Crippen LogP contribution in [0.4, 0.5) is 0 Å². The Labute approximate surface area is 177 Å². The highest BCUT2D eigenvalue weighted by Gasteiger charge is 2.31. The molecule has 0 unspecified atom stereocenters. The first-order valence-electron chi connectivity index (χ1n) is 10.3. The molecular formula is C24H26N2O3S. The van der Waals surface area contributed by atoms with Gasteiger partial charge in [0.1, 0.15) is 0 Å². The summed E-state index contributed by atoms with van der Waals surface area (Å²) in [5.41, 5.74) is 1.85. The monoisotopic (exact) mass is 422 g/mol. The summed E-state index contributed by atoms with van der Waals surface area (Å²) in [5, 5.41) is 5.35. The summed E-state index contributed by atoms with van der Waals surface area (Å²) < 4.78 is 26.9. The van der Waals surface area contributed by atoms with E-state index in [1.165, 1.54) is 9.69 Å². The summed E-state index contributed by atoms with van der Waals surface area (Å²) >= 11 is 0. The van der Waals surface area contributed by atoms with Gasteiger partial charge in [0, 0.05) is 25.6 Å². The quantitative estimate of drug-likeness (QED) is 0.659. The number of amides is 1. The standard InChI is InChI=1S/C24H26N2O3S/c27-24(25-17-20-10-11-21-8-4-5-9-23(21)16-20)22-12-14-26(15-13-22)30(28,29)18-19-6-2-1-3-7-19/h1-11,16,22H,12-15,17-18H2,(H,25,27). The molecule has 156 valence electrons. The van der Waals surface area contributed by atoms with Crippen LogP contribution in [0.15, 0.2) is 72.8 Å². The minimum absolute atomic E-state index is 0.00302. The molecule has 1 aliphatic rings. The predicted octanol–water partition coefficient (Wildman–Crippen LogP) is 3.70.